The predicted octanol–water partition coefficient (Wildman–Crippen LogP) is 5.85. The second-order valence-corrected chi connectivity index (χ2v) is 9.09. The van der Waals surface area contributed by atoms with Gasteiger partial charge in [-0.25, -0.2) is 4.99 Å². The number of amidine groups is 1. The van der Waals surface area contributed by atoms with Crippen molar-refractivity contribution in [3.05, 3.63) is 46.4 Å². The zero-order chi connectivity index (χ0) is 24.3. The van der Waals surface area contributed by atoms with Crippen LogP contribution in [0.5, 0.6) is 11.5 Å². The molecule has 2 aromatic carbocycles. The third-order valence-corrected chi connectivity index (χ3v) is 6.17. The number of phenols is 1. The van der Waals surface area contributed by atoms with Gasteiger partial charge in [0.1, 0.15) is 11.0 Å². The van der Waals surface area contributed by atoms with E-state index < -0.39 is 16.7 Å². The number of hydrogen-bond donors (Lipinski definition) is 2. The number of benzene rings is 2. The van der Waals surface area contributed by atoms with Crippen molar-refractivity contribution >= 4 is 74.9 Å². The third kappa shape index (κ3) is 6.63. The highest BCUT2D eigenvalue weighted by atomic mass is 35.5. The Hall–Kier alpha value is -2.27. The van der Waals surface area contributed by atoms with Gasteiger partial charge in [0.05, 0.1) is 15.7 Å². The summed E-state index contributed by atoms with van der Waals surface area (Å²) in [7, 11) is 0. The summed E-state index contributed by atoms with van der Waals surface area (Å²) >= 11 is 17.7. The number of thioether (sulfide) groups is 1. The smallest absolute Gasteiger partial charge is 0.487 e. The average Bonchev–Trinajstić information content (AvgIpc) is 2.72. The van der Waals surface area contributed by atoms with Gasteiger partial charge in [-0.2, -0.15) is 0 Å². The van der Waals surface area contributed by atoms with Gasteiger partial charge in [0.2, 0.25) is 11.8 Å². The number of ether oxygens (including phenoxy) is 1. The summed E-state index contributed by atoms with van der Waals surface area (Å²) in [6.07, 6.45) is -0.0693. The lowest BCUT2D eigenvalue weighted by molar-refractivity contribution is -0.129. The van der Waals surface area contributed by atoms with Crippen molar-refractivity contribution in [1.29, 1.82) is 0 Å². The number of alkyl halides is 3. The second kappa shape index (κ2) is 10.3. The zero-order valence-electron chi connectivity index (χ0n) is 16.8. The summed E-state index contributed by atoms with van der Waals surface area (Å²) in [5, 5.41) is 11.8. The number of aliphatic imine (C=N–C) groups is 1. The molecule has 1 aliphatic heterocycles. The maximum Gasteiger partial charge on any atom is 0.487 e. The molecular formula is C20H16Cl3F2N3O4S. The Labute approximate surface area is 206 Å². The molecular weight excluding hydrogens is 523 g/mol. The van der Waals surface area contributed by atoms with E-state index >= 15 is 0 Å². The van der Waals surface area contributed by atoms with Gasteiger partial charge in [0.25, 0.3) is 0 Å². The van der Waals surface area contributed by atoms with Crippen LogP contribution in [0.4, 0.5) is 20.2 Å². The van der Waals surface area contributed by atoms with E-state index in [0.29, 0.717) is 17.9 Å². The minimum Gasteiger partial charge on any atom is -0.505 e. The summed E-state index contributed by atoms with van der Waals surface area (Å²) in [6.45, 7) is 2.09. The lowest BCUT2D eigenvalue weighted by Crippen LogP contribution is -2.45. The van der Waals surface area contributed by atoms with E-state index in [-0.39, 0.29) is 39.0 Å². The predicted molar refractivity (Wildman–Crippen MR) is 125 cm³/mol. The van der Waals surface area contributed by atoms with Crippen molar-refractivity contribution < 1.29 is 28.2 Å². The fourth-order valence-electron chi connectivity index (χ4n) is 2.84. The molecule has 1 atom stereocenters. The van der Waals surface area contributed by atoms with Crippen LogP contribution in [0.1, 0.15) is 13.3 Å². The molecule has 2 amide bonds. The Morgan fingerprint density at radius 1 is 1.30 bits per heavy atom. The Kier molecular flexibility index (Phi) is 7.94. The summed E-state index contributed by atoms with van der Waals surface area (Å²) < 4.78 is 29.7. The molecule has 3 rings (SSSR count). The van der Waals surface area contributed by atoms with Crippen molar-refractivity contribution in [1.82, 2.24) is 4.90 Å². The SMILES string of the molecule is CCN1C(=O)CC(C(=O)Nc2ccc(OC(F)(F)Cl)cc2)SC1=Nc1cc(Cl)c(O)c(Cl)c1. The highest BCUT2D eigenvalue weighted by Crippen LogP contribution is 2.37. The highest BCUT2D eigenvalue weighted by Gasteiger charge is 2.35. The highest BCUT2D eigenvalue weighted by molar-refractivity contribution is 8.15. The molecule has 33 heavy (non-hydrogen) atoms. The van der Waals surface area contributed by atoms with Gasteiger partial charge in [-0.1, -0.05) is 35.0 Å². The van der Waals surface area contributed by atoms with Crippen molar-refractivity contribution in [3.8, 4) is 11.5 Å². The Balaban J connectivity index is 1.77. The largest absolute Gasteiger partial charge is 0.505 e. The first kappa shape index (κ1) is 25.4. The average molecular weight is 539 g/mol. The number of phenolic OH excluding ortho intramolecular Hbond substituents is 1. The van der Waals surface area contributed by atoms with Gasteiger partial charge in [0.15, 0.2) is 10.9 Å². The standard InChI is InChI=1S/C20H16Cl3F2N3O4S/c1-2-28-16(29)9-15(33-19(28)27-11-7-13(21)17(30)14(22)8-11)18(31)26-10-3-5-12(6-4-10)32-20(23,24)25/h3-8,15,30H,2,9H2,1H3,(H,26,31). The van der Waals surface area contributed by atoms with E-state index in [1.54, 1.807) is 6.92 Å². The van der Waals surface area contributed by atoms with E-state index in [1.165, 1.54) is 41.3 Å². The first-order valence-corrected chi connectivity index (χ1v) is 11.4. The van der Waals surface area contributed by atoms with Crippen LogP contribution in [0.3, 0.4) is 0 Å². The van der Waals surface area contributed by atoms with Crippen LogP contribution in [0.25, 0.3) is 0 Å². The zero-order valence-corrected chi connectivity index (χ0v) is 19.9. The topological polar surface area (TPSA) is 91.2 Å². The normalized spacial score (nSPS) is 17.9. The Bertz CT molecular complexity index is 1070. The van der Waals surface area contributed by atoms with E-state index in [4.69, 9.17) is 34.8 Å². The van der Waals surface area contributed by atoms with Gasteiger partial charge >= 0.3 is 5.57 Å². The van der Waals surface area contributed by atoms with Gasteiger partial charge in [0, 0.05) is 30.3 Å². The van der Waals surface area contributed by atoms with Crippen LogP contribution < -0.4 is 10.1 Å². The first-order chi connectivity index (χ1) is 15.5. The number of hydrogen-bond acceptors (Lipinski definition) is 6. The molecule has 1 saturated heterocycles. The number of amides is 2. The quantitative estimate of drug-likeness (QED) is 0.451. The molecule has 7 nitrogen and oxygen atoms in total. The van der Waals surface area contributed by atoms with E-state index in [1.807, 2.05) is 0 Å². The minimum atomic E-state index is -3.85. The molecule has 0 aromatic heterocycles. The second-order valence-electron chi connectivity index (χ2n) is 6.66. The van der Waals surface area contributed by atoms with Crippen LogP contribution in [0, 0.1) is 0 Å². The molecule has 1 heterocycles. The Morgan fingerprint density at radius 3 is 2.45 bits per heavy atom. The van der Waals surface area contributed by atoms with Gasteiger partial charge < -0.3 is 15.2 Å². The van der Waals surface area contributed by atoms with Gasteiger partial charge in [-0.05, 0) is 43.3 Å². The van der Waals surface area contributed by atoms with Crippen molar-refractivity contribution in [2.75, 3.05) is 11.9 Å². The third-order valence-electron chi connectivity index (χ3n) is 4.33. The number of nitrogens with zero attached hydrogens (tertiary/aromatic N) is 2. The molecule has 2 N–H and O–H groups in total. The molecule has 1 unspecified atom stereocenters. The van der Waals surface area contributed by atoms with E-state index in [0.717, 1.165) is 11.8 Å². The molecule has 1 aliphatic rings. The summed E-state index contributed by atoms with van der Waals surface area (Å²) in [6, 6.07) is 7.92. The number of rotatable bonds is 6. The van der Waals surface area contributed by atoms with Crippen molar-refractivity contribution in [2.45, 2.75) is 24.2 Å². The lowest BCUT2D eigenvalue weighted by atomic mass is 10.2. The molecule has 0 radical (unpaired) electrons. The molecule has 0 aliphatic carbocycles. The number of nitrogens with one attached hydrogen (secondary N) is 1. The molecule has 1 fully saturated rings. The van der Waals surface area contributed by atoms with Crippen LogP contribution in [-0.2, 0) is 9.59 Å². The van der Waals surface area contributed by atoms with Crippen molar-refractivity contribution in [2.24, 2.45) is 4.99 Å². The summed E-state index contributed by atoms with van der Waals surface area (Å²) in [4.78, 5) is 31.2. The number of halogens is 5. The van der Waals surface area contributed by atoms with Crippen LogP contribution in [0.15, 0.2) is 41.4 Å². The van der Waals surface area contributed by atoms with Crippen LogP contribution in [0.2, 0.25) is 10.0 Å². The Morgan fingerprint density at radius 2 is 1.91 bits per heavy atom. The van der Waals surface area contributed by atoms with E-state index in [2.05, 4.69) is 15.0 Å². The monoisotopic (exact) mass is 537 g/mol. The van der Waals surface area contributed by atoms with Gasteiger partial charge in [-0.15, -0.1) is 8.78 Å². The van der Waals surface area contributed by atoms with E-state index in [9.17, 15) is 23.5 Å². The van der Waals surface area contributed by atoms with Crippen LogP contribution in [-0.4, -0.2) is 44.4 Å². The minimum absolute atomic E-state index is 0.00863. The molecule has 2 aromatic rings. The number of anilines is 1. The number of carbonyl (C=O) groups excluding carboxylic acids is 2. The molecule has 0 bridgehead atoms. The molecule has 0 saturated carbocycles. The molecule has 13 heteroatoms. The maximum atomic E-state index is 12.8. The summed E-state index contributed by atoms with van der Waals surface area (Å²) in [5.41, 5.74) is -3.24. The lowest BCUT2D eigenvalue weighted by Gasteiger charge is -2.31. The molecule has 0 spiro atoms. The number of carbonyl (C=O) groups is 2. The van der Waals surface area contributed by atoms with Gasteiger partial charge in [-0.3, -0.25) is 14.5 Å². The summed E-state index contributed by atoms with van der Waals surface area (Å²) in [5.74, 6) is -1.26. The first-order valence-electron chi connectivity index (χ1n) is 9.37. The fraction of sp³-hybridized carbons (Fsp3) is 0.250. The number of aromatic hydroxyl groups is 1. The maximum absolute atomic E-state index is 12.8. The fourth-order valence-corrected chi connectivity index (χ4v) is 4.57. The van der Waals surface area contributed by atoms with Crippen LogP contribution >= 0.6 is 46.6 Å². The van der Waals surface area contributed by atoms with Crippen molar-refractivity contribution in [3.63, 3.8) is 0 Å². The molecule has 176 valence electrons.